The van der Waals surface area contributed by atoms with Gasteiger partial charge in [-0.25, -0.2) is 0 Å². The Morgan fingerprint density at radius 1 is 1.42 bits per heavy atom. The molecule has 1 heterocycles. The predicted molar refractivity (Wildman–Crippen MR) is 69.8 cm³/mol. The quantitative estimate of drug-likeness (QED) is 0.661. The number of carbonyl (C=O) groups is 1. The van der Waals surface area contributed by atoms with Crippen LogP contribution in [-0.2, 0) is 4.79 Å². The van der Waals surface area contributed by atoms with Gasteiger partial charge >= 0.3 is 0 Å². The van der Waals surface area contributed by atoms with E-state index in [2.05, 4.69) is 0 Å². The van der Waals surface area contributed by atoms with Crippen molar-refractivity contribution >= 4 is 23.6 Å². The van der Waals surface area contributed by atoms with Crippen molar-refractivity contribution < 1.29 is 14.3 Å². The van der Waals surface area contributed by atoms with Crippen LogP contribution in [0.4, 0.5) is 0 Å². The number of amides is 1. The van der Waals surface area contributed by atoms with E-state index in [0.717, 1.165) is 6.42 Å². The fourth-order valence-corrected chi connectivity index (χ4v) is 1.93. The van der Waals surface area contributed by atoms with Crippen molar-refractivity contribution in [2.75, 3.05) is 13.2 Å². The molecule has 1 aliphatic heterocycles. The average Bonchev–Trinajstić information content (AvgIpc) is 2.61. The van der Waals surface area contributed by atoms with Gasteiger partial charge in [-0.3, -0.25) is 4.79 Å². The van der Waals surface area contributed by atoms with Crippen molar-refractivity contribution in [1.29, 1.82) is 5.26 Å². The first-order valence-electron chi connectivity index (χ1n) is 5.62. The third-order valence-corrected chi connectivity index (χ3v) is 2.80. The fourth-order valence-electron chi connectivity index (χ4n) is 1.66. The maximum Gasteiger partial charge on any atom is 0.259 e. The van der Waals surface area contributed by atoms with Gasteiger partial charge in [-0.15, -0.1) is 0 Å². The van der Waals surface area contributed by atoms with Crippen molar-refractivity contribution in [3.05, 3.63) is 28.3 Å². The maximum absolute atomic E-state index is 11.0. The van der Waals surface area contributed by atoms with Gasteiger partial charge in [-0.1, -0.05) is 11.6 Å². The Kier molecular flexibility index (Phi) is 3.93. The third kappa shape index (κ3) is 2.98. The molecule has 19 heavy (non-hydrogen) atoms. The number of halogens is 1. The van der Waals surface area contributed by atoms with E-state index in [0.29, 0.717) is 35.3 Å². The Bertz CT molecular complexity index is 590. The van der Waals surface area contributed by atoms with Crippen LogP contribution in [0.2, 0.25) is 5.02 Å². The van der Waals surface area contributed by atoms with Crippen LogP contribution in [0.15, 0.2) is 17.7 Å². The van der Waals surface area contributed by atoms with Gasteiger partial charge in [0.25, 0.3) is 5.91 Å². The summed E-state index contributed by atoms with van der Waals surface area (Å²) >= 11 is 6.09. The van der Waals surface area contributed by atoms with Gasteiger partial charge in [0.15, 0.2) is 11.5 Å². The Balaban J connectivity index is 2.45. The molecule has 0 atom stereocenters. The van der Waals surface area contributed by atoms with E-state index in [1.165, 1.54) is 6.08 Å². The molecule has 0 fully saturated rings. The average molecular weight is 279 g/mol. The molecule has 2 N–H and O–H groups in total. The van der Waals surface area contributed by atoms with Crippen LogP contribution in [0.1, 0.15) is 12.0 Å². The number of nitriles is 1. The molecule has 0 saturated heterocycles. The Hall–Kier alpha value is -2.19. The highest BCUT2D eigenvalue weighted by Crippen LogP contribution is 2.38. The van der Waals surface area contributed by atoms with E-state index in [1.54, 1.807) is 18.2 Å². The minimum Gasteiger partial charge on any atom is -0.489 e. The van der Waals surface area contributed by atoms with Crippen LogP contribution in [-0.4, -0.2) is 19.1 Å². The number of fused-ring (bicyclic) bond motifs is 1. The van der Waals surface area contributed by atoms with Crippen molar-refractivity contribution in [2.45, 2.75) is 6.42 Å². The van der Waals surface area contributed by atoms with Crippen molar-refractivity contribution in [1.82, 2.24) is 0 Å². The lowest BCUT2D eigenvalue weighted by atomic mass is 10.1. The smallest absolute Gasteiger partial charge is 0.259 e. The number of primary amides is 1. The van der Waals surface area contributed by atoms with E-state index < -0.39 is 5.91 Å². The SMILES string of the molecule is N#C/C(=C\c1cc(Cl)c2c(c1)OCCCO2)C(N)=O. The van der Waals surface area contributed by atoms with Crippen LogP contribution < -0.4 is 15.2 Å². The van der Waals surface area contributed by atoms with E-state index in [4.69, 9.17) is 32.1 Å². The minimum atomic E-state index is -0.786. The van der Waals surface area contributed by atoms with Gasteiger partial charge in [-0.2, -0.15) is 5.26 Å². The molecule has 0 saturated carbocycles. The molecular weight excluding hydrogens is 268 g/mol. The number of benzene rings is 1. The molecule has 0 spiro atoms. The number of carbonyl (C=O) groups excluding carboxylic acids is 1. The molecule has 98 valence electrons. The minimum absolute atomic E-state index is 0.148. The number of hydrogen-bond acceptors (Lipinski definition) is 4. The molecule has 0 aromatic heterocycles. The Morgan fingerprint density at radius 3 is 2.84 bits per heavy atom. The molecular formula is C13H11ClN2O3. The van der Waals surface area contributed by atoms with Crippen LogP contribution in [0.25, 0.3) is 6.08 Å². The van der Waals surface area contributed by atoms with Crippen molar-refractivity contribution in [3.8, 4) is 17.6 Å². The van der Waals surface area contributed by atoms with Crippen LogP contribution >= 0.6 is 11.6 Å². The van der Waals surface area contributed by atoms with Crippen LogP contribution in [0, 0.1) is 11.3 Å². The van der Waals surface area contributed by atoms with Crippen LogP contribution in [0.3, 0.4) is 0 Å². The second-order valence-corrected chi connectivity index (χ2v) is 4.32. The number of ether oxygens (including phenoxy) is 2. The first-order chi connectivity index (χ1) is 9.11. The normalized spacial score (nSPS) is 14.4. The molecule has 0 radical (unpaired) electrons. The lowest BCUT2D eigenvalue weighted by Gasteiger charge is -2.10. The predicted octanol–water partition coefficient (Wildman–Crippen LogP) is 1.89. The summed E-state index contributed by atoms with van der Waals surface area (Å²) in [5.41, 5.74) is 5.49. The number of rotatable bonds is 2. The summed E-state index contributed by atoms with van der Waals surface area (Å²) in [4.78, 5) is 11.0. The van der Waals surface area contributed by atoms with E-state index in [-0.39, 0.29) is 5.57 Å². The van der Waals surface area contributed by atoms with Crippen LogP contribution in [0.5, 0.6) is 11.5 Å². The monoisotopic (exact) mass is 278 g/mol. The Labute approximate surface area is 115 Å². The van der Waals surface area contributed by atoms with Gasteiger partial charge < -0.3 is 15.2 Å². The molecule has 1 aromatic rings. The molecule has 2 rings (SSSR count). The first kappa shape index (κ1) is 13.2. The zero-order valence-corrected chi connectivity index (χ0v) is 10.7. The summed E-state index contributed by atoms with van der Waals surface area (Å²) in [6, 6.07) is 4.99. The highest BCUT2D eigenvalue weighted by molar-refractivity contribution is 6.32. The van der Waals surface area contributed by atoms with Gasteiger partial charge in [0.2, 0.25) is 0 Å². The fraction of sp³-hybridized carbons (Fsp3) is 0.231. The molecule has 0 unspecified atom stereocenters. The molecule has 5 nitrogen and oxygen atoms in total. The summed E-state index contributed by atoms with van der Waals surface area (Å²) < 4.78 is 11.0. The number of hydrogen-bond donors (Lipinski definition) is 1. The second kappa shape index (κ2) is 5.63. The number of nitrogens with zero attached hydrogens (tertiary/aromatic N) is 1. The van der Waals surface area contributed by atoms with Gasteiger partial charge in [0, 0.05) is 6.42 Å². The molecule has 0 bridgehead atoms. The first-order valence-corrected chi connectivity index (χ1v) is 6.00. The zero-order chi connectivity index (χ0) is 13.8. The topological polar surface area (TPSA) is 85.3 Å². The second-order valence-electron chi connectivity index (χ2n) is 3.91. The standard InChI is InChI=1S/C13H11ClN2O3/c14-10-5-8(4-9(7-15)13(16)17)6-11-12(10)19-3-1-2-18-11/h4-6H,1-3H2,(H2,16,17)/b9-4+. The van der Waals surface area contributed by atoms with Crippen molar-refractivity contribution in [3.63, 3.8) is 0 Å². The van der Waals surface area contributed by atoms with E-state index >= 15 is 0 Å². The van der Waals surface area contributed by atoms with Gasteiger partial charge in [-0.05, 0) is 23.8 Å². The Morgan fingerprint density at radius 2 is 2.16 bits per heavy atom. The lowest BCUT2D eigenvalue weighted by molar-refractivity contribution is -0.114. The summed E-state index contributed by atoms with van der Waals surface area (Å²) in [6.45, 7) is 1.06. The van der Waals surface area contributed by atoms with Gasteiger partial charge in [0.1, 0.15) is 11.6 Å². The largest absolute Gasteiger partial charge is 0.489 e. The molecule has 1 aliphatic rings. The third-order valence-electron chi connectivity index (χ3n) is 2.52. The van der Waals surface area contributed by atoms with E-state index in [1.807, 2.05) is 0 Å². The molecule has 1 aromatic carbocycles. The highest BCUT2D eigenvalue weighted by atomic mass is 35.5. The molecule has 1 amide bonds. The summed E-state index contributed by atoms with van der Waals surface area (Å²) in [6.07, 6.45) is 2.13. The number of nitrogens with two attached hydrogens (primary N) is 1. The van der Waals surface area contributed by atoms with Crippen molar-refractivity contribution in [2.24, 2.45) is 5.73 Å². The summed E-state index contributed by atoms with van der Waals surface area (Å²) in [7, 11) is 0. The van der Waals surface area contributed by atoms with E-state index in [9.17, 15) is 4.79 Å². The maximum atomic E-state index is 11.0. The molecule has 0 aliphatic carbocycles. The summed E-state index contributed by atoms with van der Waals surface area (Å²) in [5, 5.41) is 9.17. The summed E-state index contributed by atoms with van der Waals surface area (Å²) in [5.74, 6) is 0.192. The molecule has 6 heteroatoms. The lowest BCUT2D eigenvalue weighted by Crippen LogP contribution is -2.12. The highest BCUT2D eigenvalue weighted by Gasteiger charge is 2.15. The van der Waals surface area contributed by atoms with Gasteiger partial charge in [0.05, 0.1) is 18.2 Å². The zero-order valence-electron chi connectivity index (χ0n) is 9.98.